The van der Waals surface area contributed by atoms with Gasteiger partial charge in [0.1, 0.15) is 24.0 Å². The van der Waals surface area contributed by atoms with Crippen LogP contribution in [0.1, 0.15) is 34.6 Å². The number of thiophene rings is 2. The Kier molecular flexibility index (Phi) is 19.4. The first-order chi connectivity index (χ1) is 56.2. The zero-order valence-corrected chi connectivity index (χ0v) is 69.2. The van der Waals surface area contributed by atoms with Crippen molar-refractivity contribution >= 4 is 177 Å². The number of imidazole rings is 2. The minimum absolute atomic E-state index is 0. The third-order valence-corrected chi connectivity index (χ3v) is 34.7. The fourth-order valence-corrected chi connectivity index (χ4v) is 30.3. The maximum atomic E-state index is 17.1. The van der Waals surface area contributed by atoms with Crippen molar-refractivity contribution in [2.24, 2.45) is 14.1 Å². The van der Waals surface area contributed by atoms with E-state index in [4.69, 9.17) is 19.9 Å². The summed E-state index contributed by atoms with van der Waals surface area (Å²) < 4.78 is 43.0. The van der Waals surface area contributed by atoms with Gasteiger partial charge in [-0.1, -0.05) is 235 Å². The van der Waals surface area contributed by atoms with Crippen molar-refractivity contribution in [2.75, 3.05) is 9.80 Å². The molecule has 0 saturated heterocycles. The van der Waals surface area contributed by atoms with Gasteiger partial charge in [-0.05, 0) is 96.1 Å². The first kappa shape index (κ1) is 74.1. The standard InChI is InChI=1S/2C50H33FN4SSi.2Pd/c1-54-42-25-10-9-24-41(42)53-49(54)35-17-12-15-33(31-35)46(51)34-16-13-18-36(32-34)55-47-44(29-28-40-39-23-8-11-26-43(39)56-48(40)47)57(37-19-4-2-5-20-37,38-21-6-3-7-22-38)45-27-14-30-52-50(45)55;1-54-41-25-10-9-24-40(41)53-49(54)35-17-12-15-33(31-35)47(51)34-16-13-18-36(32-34)55-48-44(29-28-43-46(48)39-23-8-11-26-42(39)56-43)57(37-19-4-2-5-20-37,38-21-6-3-7-22-38)45-27-14-30-52-50(45)55;;/h2-30,46H,1H3;2-30,47H,1H3;;/q2*-2;2*+2. The zero-order valence-electron chi connectivity index (χ0n) is 62.4. The minimum Gasteiger partial charge on any atom is -0.367 e. The molecule has 6 aromatic heterocycles. The zero-order chi connectivity index (χ0) is 76.2. The Labute approximate surface area is 707 Å². The van der Waals surface area contributed by atoms with Crippen molar-refractivity contribution in [3.8, 4) is 22.8 Å². The van der Waals surface area contributed by atoms with Crippen LogP contribution >= 0.6 is 22.7 Å². The summed E-state index contributed by atoms with van der Waals surface area (Å²) in [5.41, 5.74) is 10.6. The average Bonchev–Trinajstić information content (AvgIpc) is 1.02. The van der Waals surface area contributed by atoms with E-state index in [9.17, 15) is 0 Å². The maximum absolute atomic E-state index is 17.1. The predicted octanol–water partition coefficient (Wildman–Crippen LogP) is 19.6. The third-order valence-electron chi connectivity index (χ3n) is 22.8. The van der Waals surface area contributed by atoms with E-state index in [-0.39, 0.29) is 40.8 Å². The number of anilines is 6. The largest absolute Gasteiger partial charge is 2.00 e. The van der Waals surface area contributed by atoms with E-state index < -0.39 is 28.5 Å². The van der Waals surface area contributed by atoms with Gasteiger partial charge >= 0.3 is 40.8 Å². The molecule has 8 heterocycles. The number of rotatable bonds is 12. The van der Waals surface area contributed by atoms with E-state index in [0.29, 0.717) is 22.3 Å². The smallest absolute Gasteiger partial charge is 0.367 e. The summed E-state index contributed by atoms with van der Waals surface area (Å²) in [6.07, 6.45) is 0.794. The molecule has 0 fully saturated rings. The van der Waals surface area contributed by atoms with Crippen molar-refractivity contribution in [1.29, 1.82) is 0 Å². The Morgan fingerprint density at radius 2 is 0.724 bits per heavy atom. The van der Waals surface area contributed by atoms with Crippen LogP contribution < -0.4 is 51.3 Å². The van der Waals surface area contributed by atoms with E-state index >= 15 is 8.78 Å². The van der Waals surface area contributed by atoms with Gasteiger partial charge in [0.2, 0.25) is 0 Å². The molecular formula is C100H66F2N8Pd2S2Si2. The van der Waals surface area contributed by atoms with Crippen LogP contribution in [0.25, 0.3) is 85.2 Å². The molecule has 22 rings (SSSR count). The average molecular weight is 1750 g/mol. The Balaban J connectivity index is 0.000000152. The molecule has 2 aliphatic heterocycles. The van der Waals surface area contributed by atoms with Crippen LogP contribution in [-0.2, 0) is 54.9 Å². The van der Waals surface area contributed by atoms with Crippen LogP contribution in [0, 0.1) is 24.3 Å². The topological polar surface area (TPSA) is 67.9 Å². The number of hydrogen-bond acceptors (Lipinski definition) is 8. The van der Waals surface area contributed by atoms with Gasteiger partial charge in [-0.25, -0.2) is 18.7 Å². The normalized spacial score (nSPS) is 13.6. The summed E-state index contributed by atoms with van der Waals surface area (Å²) in [5, 5.41) is 14.8. The molecule has 16 heteroatoms. The number of aryl methyl sites for hydroxylation is 2. The van der Waals surface area contributed by atoms with E-state index in [1.54, 1.807) is 34.8 Å². The van der Waals surface area contributed by atoms with Crippen LogP contribution in [0.5, 0.6) is 0 Å². The fraction of sp³-hybridized carbons (Fsp3) is 0.0400. The summed E-state index contributed by atoms with van der Waals surface area (Å²) >= 11 is 3.60. The molecule has 0 spiro atoms. The van der Waals surface area contributed by atoms with Gasteiger partial charge in [0, 0.05) is 62.1 Å². The molecule has 2 atom stereocenters. The Morgan fingerprint density at radius 3 is 1.21 bits per heavy atom. The first-order valence-corrected chi connectivity index (χ1v) is 43.7. The van der Waals surface area contributed by atoms with Gasteiger partial charge in [-0.3, -0.25) is 9.97 Å². The second-order valence-corrected chi connectivity index (χ2v) is 38.6. The van der Waals surface area contributed by atoms with Crippen molar-refractivity contribution < 1.29 is 49.6 Å². The number of nitrogens with zero attached hydrogens (tertiary/aromatic N) is 8. The molecule has 0 bridgehead atoms. The molecule has 0 amide bonds. The van der Waals surface area contributed by atoms with Crippen molar-refractivity contribution in [2.45, 2.75) is 12.3 Å². The molecular weight excluding hydrogens is 1680 g/mol. The van der Waals surface area contributed by atoms with E-state index in [1.165, 1.54) is 81.8 Å². The van der Waals surface area contributed by atoms with Crippen LogP contribution in [0.2, 0.25) is 0 Å². The number of fused-ring (bicyclic) bond motifs is 14. The van der Waals surface area contributed by atoms with Crippen LogP contribution in [0.3, 0.4) is 0 Å². The van der Waals surface area contributed by atoms with Crippen LogP contribution in [0.4, 0.5) is 43.2 Å². The number of halogens is 2. The summed E-state index contributed by atoms with van der Waals surface area (Å²) in [5.74, 6) is 3.17. The summed E-state index contributed by atoms with van der Waals surface area (Å²) in [7, 11) is -1.96. The van der Waals surface area contributed by atoms with E-state index in [0.717, 1.165) is 79.2 Å². The minimum atomic E-state index is -2.97. The number of aromatic nitrogens is 6. The second kappa shape index (κ2) is 30.3. The summed E-state index contributed by atoms with van der Waals surface area (Å²) in [4.78, 5) is 24.7. The summed E-state index contributed by atoms with van der Waals surface area (Å²) in [6, 6.07) is 132. The predicted molar refractivity (Wildman–Crippen MR) is 472 cm³/mol. The van der Waals surface area contributed by atoms with E-state index in [1.807, 2.05) is 145 Å². The third kappa shape index (κ3) is 11.9. The van der Waals surface area contributed by atoms with E-state index in [2.05, 4.69) is 252 Å². The van der Waals surface area contributed by atoms with Crippen LogP contribution in [0.15, 0.2) is 352 Å². The quantitative estimate of drug-likeness (QED) is 0.0897. The number of pyridine rings is 2. The van der Waals surface area contributed by atoms with Gasteiger partial charge in [-0.2, -0.15) is 36.4 Å². The first-order valence-electron chi connectivity index (χ1n) is 38.1. The molecule has 0 radical (unpaired) electrons. The molecule has 560 valence electrons. The SMILES string of the molecule is Cn1c(-c2[c-]c(C(F)c3[c-]c(N4c5ncccc5[Si](c5ccccc5)(c5ccccc5)c5ccc6c(sc7ccccc76)c54)ccc3)ccc2)nc2ccccc21.Cn1c(-c2[c-]c(C(F)c3[c-]c(N4c5ncccc5[Si](c5ccccc5)(c5ccccc5)c5ccc6sc7ccccc7c6c54)ccc3)ccc2)nc2ccccc21.[Pd+2].[Pd+2]. The molecule has 2 aliphatic rings. The number of benzene rings is 14. The number of alkyl halides is 2. The van der Waals surface area contributed by atoms with Gasteiger partial charge < -0.3 is 18.9 Å². The molecule has 2 unspecified atom stereocenters. The Hall–Kier alpha value is -12.0. The number of hydrogen-bond donors (Lipinski definition) is 0. The molecule has 0 saturated carbocycles. The maximum Gasteiger partial charge on any atom is 2.00 e. The summed E-state index contributed by atoms with van der Waals surface area (Å²) in [6.45, 7) is 0. The molecule has 116 heavy (non-hydrogen) atoms. The molecule has 20 aromatic rings. The molecule has 8 nitrogen and oxygen atoms in total. The number of para-hydroxylation sites is 4. The fourth-order valence-electron chi connectivity index (χ4n) is 17.8. The Bertz CT molecular complexity index is 7060. The van der Waals surface area contributed by atoms with Gasteiger partial charge in [-0.15, -0.1) is 106 Å². The molecule has 0 aliphatic carbocycles. The van der Waals surface area contributed by atoms with Crippen molar-refractivity contribution in [3.05, 3.63) is 399 Å². The van der Waals surface area contributed by atoms with Crippen LogP contribution in [-0.4, -0.2) is 45.2 Å². The molecule has 0 N–H and O–H groups in total. The Morgan fingerprint density at radius 1 is 0.328 bits per heavy atom. The molecule has 14 aromatic carbocycles. The second-order valence-electron chi connectivity index (χ2n) is 29.0. The van der Waals surface area contributed by atoms with Gasteiger partial charge in [0.15, 0.2) is 16.1 Å². The monoisotopic (exact) mass is 1750 g/mol. The van der Waals surface area contributed by atoms with Gasteiger partial charge in [0.05, 0.1) is 49.8 Å². The van der Waals surface area contributed by atoms with Crippen molar-refractivity contribution in [1.82, 2.24) is 29.1 Å². The van der Waals surface area contributed by atoms with Gasteiger partial charge in [0.25, 0.3) is 0 Å². The van der Waals surface area contributed by atoms with Crippen molar-refractivity contribution in [3.63, 3.8) is 0 Å².